The molecule has 0 aliphatic carbocycles. The van der Waals surface area contributed by atoms with Gasteiger partial charge in [0, 0.05) is 12.2 Å². The highest BCUT2D eigenvalue weighted by Gasteiger charge is 2.21. The lowest BCUT2D eigenvalue weighted by Crippen LogP contribution is -2.16. The molecule has 0 radical (unpaired) electrons. The monoisotopic (exact) mass is 456 g/mol. The number of hydrogen-bond donors (Lipinski definition) is 1. The number of allylic oxidation sites excluding steroid dienone is 1. The highest BCUT2D eigenvalue weighted by atomic mass is 32.2. The van der Waals surface area contributed by atoms with Crippen LogP contribution in [0.4, 0.5) is 5.69 Å². The summed E-state index contributed by atoms with van der Waals surface area (Å²) in [6.07, 6.45) is 1.64. The molecule has 1 heterocycles. The Kier molecular flexibility index (Phi) is 7.29. The Labute approximate surface area is 186 Å². The molecule has 7 nitrogen and oxygen atoms in total. The number of hydrogen-bond acceptors (Lipinski definition) is 6. The molecule has 0 saturated heterocycles. The molecule has 0 unspecified atom stereocenters. The summed E-state index contributed by atoms with van der Waals surface area (Å²) in [5, 5.41) is 11.5. The Morgan fingerprint density at radius 3 is 2.52 bits per heavy atom. The number of nitrogens with zero attached hydrogens (tertiary/aromatic N) is 3. The second-order valence-electron chi connectivity index (χ2n) is 7.02. The molecular weight excluding hydrogens is 432 g/mol. The number of aryl methyl sites for hydroxylation is 2. The third-order valence-electron chi connectivity index (χ3n) is 4.56. The van der Waals surface area contributed by atoms with Crippen molar-refractivity contribution in [3.8, 4) is 0 Å². The largest absolute Gasteiger partial charge is 0.325 e. The van der Waals surface area contributed by atoms with Crippen LogP contribution in [-0.2, 0) is 26.9 Å². The number of anilines is 1. The standard InChI is InChI=1S/C22H24N4O3S2/c1-4-13-26-20(15-31(28,29)18-11-9-16(2)10-12-18)24-25-22(26)30-14-21(27)23-19-8-6-5-7-17(19)3/h4-12H,1,13-15H2,2-3H3,(H,23,27). The summed E-state index contributed by atoms with van der Waals surface area (Å²) in [7, 11) is -3.58. The molecule has 9 heteroatoms. The van der Waals surface area contributed by atoms with Gasteiger partial charge >= 0.3 is 0 Å². The van der Waals surface area contributed by atoms with Gasteiger partial charge in [-0.15, -0.1) is 16.8 Å². The van der Waals surface area contributed by atoms with Gasteiger partial charge in [-0.3, -0.25) is 4.79 Å². The molecule has 3 aromatic rings. The molecule has 31 heavy (non-hydrogen) atoms. The molecule has 1 amide bonds. The predicted octanol–water partition coefficient (Wildman–Crippen LogP) is 3.79. The van der Waals surface area contributed by atoms with Gasteiger partial charge in [0.2, 0.25) is 5.91 Å². The third-order valence-corrected chi connectivity index (χ3v) is 7.15. The second kappa shape index (κ2) is 9.93. The first kappa shape index (κ1) is 22.8. The third kappa shape index (κ3) is 5.83. The molecule has 1 aromatic heterocycles. The van der Waals surface area contributed by atoms with E-state index in [-0.39, 0.29) is 22.3 Å². The van der Waals surface area contributed by atoms with E-state index in [9.17, 15) is 13.2 Å². The molecule has 0 fully saturated rings. The lowest BCUT2D eigenvalue weighted by atomic mass is 10.2. The fourth-order valence-electron chi connectivity index (χ4n) is 2.87. The maximum absolute atomic E-state index is 12.8. The van der Waals surface area contributed by atoms with Crippen molar-refractivity contribution in [2.24, 2.45) is 0 Å². The van der Waals surface area contributed by atoms with Crippen LogP contribution in [0.15, 0.2) is 71.2 Å². The van der Waals surface area contributed by atoms with Crippen LogP contribution in [0.2, 0.25) is 0 Å². The summed E-state index contributed by atoms with van der Waals surface area (Å²) in [5.74, 6) is -0.0372. The van der Waals surface area contributed by atoms with Crippen molar-refractivity contribution < 1.29 is 13.2 Å². The fourth-order valence-corrected chi connectivity index (χ4v) is 4.91. The second-order valence-corrected chi connectivity index (χ2v) is 9.95. The van der Waals surface area contributed by atoms with Crippen molar-refractivity contribution in [2.75, 3.05) is 11.1 Å². The highest BCUT2D eigenvalue weighted by Crippen LogP contribution is 2.22. The minimum Gasteiger partial charge on any atom is -0.325 e. The van der Waals surface area contributed by atoms with E-state index in [2.05, 4.69) is 22.1 Å². The number of amides is 1. The molecule has 162 valence electrons. The Hall–Kier alpha value is -2.91. The number of nitrogens with one attached hydrogen (secondary N) is 1. The zero-order valence-electron chi connectivity index (χ0n) is 17.4. The van der Waals surface area contributed by atoms with Crippen LogP contribution in [0.25, 0.3) is 0 Å². The first-order chi connectivity index (χ1) is 14.8. The lowest BCUT2D eigenvalue weighted by Gasteiger charge is -2.10. The normalized spacial score (nSPS) is 11.3. The molecule has 1 N–H and O–H groups in total. The first-order valence-corrected chi connectivity index (χ1v) is 12.2. The van der Waals surface area contributed by atoms with Crippen molar-refractivity contribution in [3.05, 3.63) is 78.1 Å². The van der Waals surface area contributed by atoms with E-state index in [1.165, 1.54) is 11.8 Å². The van der Waals surface area contributed by atoms with Crippen LogP contribution in [0, 0.1) is 13.8 Å². The van der Waals surface area contributed by atoms with E-state index in [1.54, 1.807) is 34.9 Å². The van der Waals surface area contributed by atoms with Gasteiger partial charge in [-0.2, -0.15) is 0 Å². The van der Waals surface area contributed by atoms with Gasteiger partial charge in [-0.25, -0.2) is 8.42 Å². The Morgan fingerprint density at radius 1 is 1.13 bits per heavy atom. The van der Waals surface area contributed by atoms with Crippen molar-refractivity contribution in [1.82, 2.24) is 14.8 Å². The molecule has 0 aliphatic rings. The average Bonchev–Trinajstić information content (AvgIpc) is 3.09. The zero-order valence-corrected chi connectivity index (χ0v) is 19.0. The number of rotatable bonds is 9. The van der Waals surface area contributed by atoms with E-state index >= 15 is 0 Å². The molecule has 0 aliphatic heterocycles. The number of benzene rings is 2. The summed E-state index contributed by atoms with van der Waals surface area (Å²) in [6.45, 7) is 7.89. The van der Waals surface area contributed by atoms with Crippen molar-refractivity contribution in [3.63, 3.8) is 0 Å². The van der Waals surface area contributed by atoms with Crippen LogP contribution in [0.1, 0.15) is 17.0 Å². The summed E-state index contributed by atoms with van der Waals surface area (Å²) in [4.78, 5) is 12.6. The first-order valence-electron chi connectivity index (χ1n) is 9.61. The lowest BCUT2D eigenvalue weighted by molar-refractivity contribution is -0.113. The van der Waals surface area contributed by atoms with Crippen LogP contribution >= 0.6 is 11.8 Å². The smallest absolute Gasteiger partial charge is 0.234 e. The number of carbonyl (C=O) groups is 1. The van der Waals surface area contributed by atoms with Crippen molar-refractivity contribution in [2.45, 2.75) is 36.2 Å². The number of sulfone groups is 1. The number of thioether (sulfide) groups is 1. The predicted molar refractivity (Wildman–Crippen MR) is 123 cm³/mol. The Morgan fingerprint density at radius 2 is 1.84 bits per heavy atom. The number of aromatic nitrogens is 3. The summed E-state index contributed by atoms with van der Waals surface area (Å²) in [6, 6.07) is 14.2. The van der Waals surface area contributed by atoms with E-state index in [1.807, 2.05) is 38.1 Å². The molecule has 0 bridgehead atoms. The minimum absolute atomic E-state index is 0.119. The quantitative estimate of drug-likeness (QED) is 0.389. The summed E-state index contributed by atoms with van der Waals surface area (Å²) < 4.78 is 27.3. The van der Waals surface area contributed by atoms with E-state index < -0.39 is 9.84 Å². The maximum Gasteiger partial charge on any atom is 0.234 e. The van der Waals surface area contributed by atoms with Gasteiger partial charge in [0.1, 0.15) is 11.6 Å². The molecule has 0 atom stereocenters. The minimum atomic E-state index is -3.58. The van der Waals surface area contributed by atoms with Crippen LogP contribution in [0.3, 0.4) is 0 Å². The van der Waals surface area contributed by atoms with Crippen LogP contribution in [-0.4, -0.2) is 34.8 Å². The van der Waals surface area contributed by atoms with Crippen LogP contribution in [0.5, 0.6) is 0 Å². The summed E-state index contributed by atoms with van der Waals surface area (Å²) in [5.41, 5.74) is 2.71. The summed E-state index contributed by atoms with van der Waals surface area (Å²) >= 11 is 1.20. The van der Waals surface area contributed by atoms with Gasteiger partial charge in [-0.05, 0) is 37.6 Å². The van der Waals surface area contributed by atoms with Crippen molar-refractivity contribution in [1.29, 1.82) is 0 Å². The Bertz CT molecular complexity index is 1190. The van der Waals surface area contributed by atoms with Gasteiger partial charge in [0.25, 0.3) is 0 Å². The molecule has 0 saturated carbocycles. The zero-order chi connectivity index (χ0) is 22.4. The van der Waals surface area contributed by atoms with E-state index in [0.717, 1.165) is 16.8 Å². The van der Waals surface area contributed by atoms with Gasteiger partial charge in [-0.1, -0.05) is 53.7 Å². The van der Waals surface area contributed by atoms with E-state index in [4.69, 9.17) is 0 Å². The van der Waals surface area contributed by atoms with E-state index in [0.29, 0.717) is 17.5 Å². The molecule has 0 spiro atoms. The van der Waals surface area contributed by atoms with Gasteiger partial charge in [0.15, 0.2) is 15.0 Å². The van der Waals surface area contributed by atoms with Crippen molar-refractivity contribution >= 4 is 33.2 Å². The molecule has 2 aromatic carbocycles. The van der Waals surface area contributed by atoms with Crippen LogP contribution < -0.4 is 5.32 Å². The fraction of sp³-hybridized carbons (Fsp3) is 0.227. The van der Waals surface area contributed by atoms with Gasteiger partial charge < -0.3 is 9.88 Å². The Balaban J connectivity index is 1.72. The SMILES string of the molecule is C=CCn1c(CS(=O)(=O)c2ccc(C)cc2)nnc1SCC(=O)Nc1ccccc1C. The maximum atomic E-state index is 12.8. The number of para-hydroxylation sites is 1. The average molecular weight is 457 g/mol. The molecular formula is C22H24N4O3S2. The number of carbonyl (C=O) groups excluding carboxylic acids is 1. The highest BCUT2D eigenvalue weighted by molar-refractivity contribution is 7.99. The van der Waals surface area contributed by atoms with Gasteiger partial charge in [0.05, 0.1) is 10.6 Å². The topological polar surface area (TPSA) is 93.9 Å². The molecule has 3 rings (SSSR count).